The first-order valence-electron chi connectivity index (χ1n) is 11.2. The van der Waals surface area contributed by atoms with Crippen molar-refractivity contribution in [2.24, 2.45) is 10.7 Å². The van der Waals surface area contributed by atoms with Crippen molar-refractivity contribution in [2.75, 3.05) is 45.0 Å². The zero-order chi connectivity index (χ0) is 25.1. The molecule has 0 radical (unpaired) electrons. The highest BCUT2D eigenvalue weighted by Gasteiger charge is 2.23. The molecule has 1 aliphatic heterocycles. The Morgan fingerprint density at radius 2 is 1.62 bits per heavy atom. The minimum atomic E-state index is -0.552. The van der Waals surface area contributed by atoms with Crippen LogP contribution in [-0.4, -0.2) is 71.9 Å². The van der Waals surface area contributed by atoms with E-state index in [1.54, 1.807) is 12.1 Å². The molecule has 2 amide bonds. The molecule has 0 aromatic heterocycles. The minimum Gasteiger partial charge on any atom is -0.398 e. The van der Waals surface area contributed by atoms with E-state index < -0.39 is 6.03 Å². The van der Waals surface area contributed by atoms with Crippen LogP contribution in [0.1, 0.15) is 25.0 Å². The number of hydrogen-bond donors (Lipinski definition) is 2. The number of primary amides is 1. The number of nitrogen functional groups attached to an aromatic ring is 1. The van der Waals surface area contributed by atoms with Crippen LogP contribution < -0.4 is 11.5 Å². The molecule has 4 N–H and O–H groups in total. The van der Waals surface area contributed by atoms with Gasteiger partial charge in [-0.15, -0.1) is 0 Å². The van der Waals surface area contributed by atoms with Crippen molar-refractivity contribution in [3.8, 4) is 0 Å². The third-order valence-electron chi connectivity index (χ3n) is 5.68. The van der Waals surface area contributed by atoms with Crippen LogP contribution in [0.2, 0.25) is 0 Å². The van der Waals surface area contributed by atoms with E-state index in [2.05, 4.69) is 9.80 Å². The number of nitrogens with two attached hydrogens (primary N) is 2. The largest absolute Gasteiger partial charge is 0.398 e. The zero-order valence-electron chi connectivity index (χ0n) is 19.6. The van der Waals surface area contributed by atoms with Crippen molar-refractivity contribution in [3.63, 3.8) is 0 Å². The van der Waals surface area contributed by atoms with E-state index in [0.29, 0.717) is 30.2 Å². The van der Waals surface area contributed by atoms with E-state index in [4.69, 9.17) is 25.6 Å². The maximum Gasteiger partial charge on any atom is 0.320 e. The minimum absolute atomic E-state index is 0.146. The molecule has 1 saturated heterocycles. The van der Waals surface area contributed by atoms with Gasteiger partial charge in [0, 0.05) is 71.3 Å². The Hall–Kier alpha value is -3.11. The number of anilines is 1. The van der Waals surface area contributed by atoms with Crippen LogP contribution in [0.4, 0.5) is 24.0 Å². The molecule has 34 heavy (non-hydrogen) atoms. The first-order chi connectivity index (χ1) is 16.4. The second-order valence-corrected chi connectivity index (χ2v) is 8.30. The fraction of sp³-hybridized carbons (Fsp3) is 0.417. The first kappa shape index (κ1) is 27.1. The van der Waals surface area contributed by atoms with E-state index in [0.717, 1.165) is 38.3 Å². The molecule has 0 aliphatic carbocycles. The van der Waals surface area contributed by atoms with E-state index >= 15 is 0 Å². The lowest BCUT2D eigenvalue weighted by atomic mass is 10.1. The number of para-hydroxylation sites is 1. The predicted molar refractivity (Wildman–Crippen MR) is 129 cm³/mol. The number of halogens is 3. The number of aliphatic imine (C=N–C) groups is 1. The zero-order valence-corrected chi connectivity index (χ0v) is 19.6. The van der Waals surface area contributed by atoms with Crippen LogP contribution in [0.5, 0.6) is 0 Å². The van der Waals surface area contributed by atoms with Crippen LogP contribution >= 0.6 is 0 Å². The van der Waals surface area contributed by atoms with Gasteiger partial charge < -0.3 is 11.5 Å². The molecule has 2 aromatic rings. The van der Waals surface area contributed by atoms with Crippen LogP contribution in [0.3, 0.4) is 0 Å². The van der Waals surface area contributed by atoms with E-state index in [1.165, 1.54) is 11.0 Å². The molecule has 7 nitrogen and oxygen atoms in total. The molecule has 1 fully saturated rings. The van der Waals surface area contributed by atoms with Crippen molar-refractivity contribution in [3.05, 3.63) is 65.5 Å². The molecule has 0 saturated carbocycles. The molecule has 186 valence electrons. The van der Waals surface area contributed by atoms with Gasteiger partial charge in [0.1, 0.15) is 11.7 Å². The van der Waals surface area contributed by atoms with Gasteiger partial charge in [-0.2, -0.15) is 0 Å². The summed E-state index contributed by atoms with van der Waals surface area (Å²) < 4.78 is 29.9. The number of carbonyl (C=O) groups excluding carboxylic acids is 1. The number of benzene rings is 2. The summed E-state index contributed by atoms with van der Waals surface area (Å²) in [6, 6.07) is 13.6. The molecule has 1 aliphatic rings. The lowest BCUT2D eigenvalue weighted by Gasteiger charge is -2.34. The molecule has 10 heteroatoms. The van der Waals surface area contributed by atoms with Gasteiger partial charge in [-0.3, -0.25) is 19.7 Å². The fourth-order valence-corrected chi connectivity index (χ4v) is 3.93. The predicted octanol–water partition coefficient (Wildman–Crippen LogP) is 3.60. The third-order valence-corrected chi connectivity index (χ3v) is 5.68. The van der Waals surface area contributed by atoms with Crippen LogP contribution in [0, 0.1) is 5.82 Å². The molecule has 0 atom stereocenters. The highest BCUT2D eigenvalue weighted by molar-refractivity contribution is 6.10. The Bertz CT molecular complexity index is 948. The maximum atomic E-state index is 13.9. The van der Waals surface area contributed by atoms with Gasteiger partial charge in [-0.1, -0.05) is 30.3 Å². The van der Waals surface area contributed by atoms with Gasteiger partial charge in [-0.25, -0.2) is 9.18 Å². The molecule has 0 bridgehead atoms. The molecule has 3 rings (SSSR count). The van der Waals surface area contributed by atoms with E-state index in [-0.39, 0.29) is 11.9 Å². The summed E-state index contributed by atoms with van der Waals surface area (Å²) in [6.07, 6.45) is 0. The molecule has 1 heterocycles. The summed E-state index contributed by atoms with van der Waals surface area (Å²) in [5, 5.41) is 0. The molecular formula is C24H33F3N6O. The monoisotopic (exact) mass is 478 g/mol. The SMILES string of the molecule is CC(C)N(C(N)=O)C(=NCCN1CCN(Cc2ccccc2F)CC1)c1ccccc1N.FF. The summed E-state index contributed by atoms with van der Waals surface area (Å²) in [6.45, 7) is 9.21. The lowest BCUT2D eigenvalue weighted by Crippen LogP contribution is -2.47. The topological polar surface area (TPSA) is 91.2 Å². The first-order valence-corrected chi connectivity index (χ1v) is 11.2. The van der Waals surface area contributed by atoms with Gasteiger partial charge in [0.2, 0.25) is 0 Å². The standard InChI is InChI=1S/C24H33FN6O.F2/c1-18(2)31(24(27)32)23(20-8-4-6-10-22(20)26)28-11-12-29-13-15-30(16-14-29)17-19-7-3-5-9-21(19)25;1-2/h3-10,18H,11-17,26H2,1-2H3,(H2,27,32);. The second kappa shape index (κ2) is 13.6. The van der Waals surface area contributed by atoms with Gasteiger partial charge in [0.25, 0.3) is 0 Å². The average molecular weight is 479 g/mol. The lowest BCUT2D eigenvalue weighted by molar-refractivity contribution is 0.108. The summed E-state index contributed by atoms with van der Waals surface area (Å²) in [5.41, 5.74) is 13.8. The van der Waals surface area contributed by atoms with Crippen LogP contribution in [0.25, 0.3) is 0 Å². The summed E-state index contributed by atoms with van der Waals surface area (Å²) in [4.78, 5) is 23.0. The molecular weight excluding hydrogens is 445 g/mol. The Morgan fingerprint density at radius 1 is 1.03 bits per heavy atom. The van der Waals surface area contributed by atoms with E-state index in [1.807, 2.05) is 44.2 Å². The quantitative estimate of drug-likeness (QED) is 0.361. The summed E-state index contributed by atoms with van der Waals surface area (Å²) >= 11 is 0. The Kier molecular flexibility index (Phi) is 10.8. The number of amides is 2. The normalized spacial score (nSPS) is 15.1. The summed E-state index contributed by atoms with van der Waals surface area (Å²) in [5.74, 6) is 0.352. The summed E-state index contributed by atoms with van der Waals surface area (Å²) in [7, 11) is 0. The van der Waals surface area contributed by atoms with Crippen molar-refractivity contribution in [1.82, 2.24) is 14.7 Å². The van der Waals surface area contributed by atoms with E-state index in [9.17, 15) is 9.18 Å². The van der Waals surface area contributed by atoms with Gasteiger partial charge >= 0.3 is 6.03 Å². The van der Waals surface area contributed by atoms with Crippen molar-refractivity contribution < 1.29 is 18.3 Å². The third kappa shape index (κ3) is 7.46. The van der Waals surface area contributed by atoms with Crippen LogP contribution in [-0.2, 0) is 6.54 Å². The number of piperazine rings is 1. The van der Waals surface area contributed by atoms with Crippen LogP contribution in [0.15, 0.2) is 53.5 Å². The molecule has 0 spiro atoms. The number of amidine groups is 1. The highest BCUT2D eigenvalue weighted by Crippen LogP contribution is 2.17. The molecule has 0 unspecified atom stereocenters. The van der Waals surface area contributed by atoms with Crippen molar-refractivity contribution in [1.29, 1.82) is 0 Å². The average Bonchev–Trinajstić information content (AvgIpc) is 2.82. The number of rotatable bonds is 7. The highest BCUT2D eigenvalue weighted by atomic mass is 20.0. The smallest absolute Gasteiger partial charge is 0.320 e. The number of hydrogen-bond acceptors (Lipinski definition) is 5. The Balaban J connectivity index is 0.00000199. The molecule has 2 aromatic carbocycles. The number of nitrogens with zero attached hydrogens (tertiary/aromatic N) is 4. The maximum absolute atomic E-state index is 13.9. The Labute approximate surface area is 198 Å². The number of carbonyl (C=O) groups is 1. The van der Waals surface area contributed by atoms with Gasteiger partial charge in [0.15, 0.2) is 0 Å². The fourth-order valence-electron chi connectivity index (χ4n) is 3.93. The van der Waals surface area contributed by atoms with Crippen molar-refractivity contribution >= 4 is 17.6 Å². The number of urea groups is 1. The van der Waals surface area contributed by atoms with Crippen molar-refractivity contribution in [2.45, 2.75) is 26.4 Å². The van der Waals surface area contributed by atoms with Gasteiger partial charge in [-0.05, 0) is 32.0 Å². The second-order valence-electron chi connectivity index (χ2n) is 8.30. The van der Waals surface area contributed by atoms with Gasteiger partial charge in [0.05, 0.1) is 6.54 Å². The Morgan fingerprint density at radius 3 is 2.21 bits per heavy atom.